The Bertz CT molecular complexity index is 1330. The monoisotopic (exact) mass is 572 g/mol. The highest BCUT2D eigenvalue weighted by atomic mass is 16.5. The lowest BCUT2D eigenvalue weighted by Crippen LogP contribution is -2.36. The molecule has 0 spiro atoms. The Balaban J connectivity index is 1.17. The van der Waals surface area contributed by atoms with Gasteiger partial charge in [-0.3, -0.25) is 4.79 Å². The molecule has 1 saturated carbocycles. The Kier molecular flexibility index (Phi) is 9.95. The summed E-state index contributed by atoms with van der Waals surface area (Å²) in [4.78, 5) is 31.9. The van der Waals surface area contributed by atoms with Gasteiger partial charge in [0.1, 0.15) is 12.4 Å². The average Bonchev–Trinajstić information content (AvgIpc) is 3.88. The fourth-order valence-electron chi connectivity index (χ4n) is 5.61. The van der Waals surface area contributed by atoms with Crippen LogP contribution >= 0.6 is 0 Å². The first-order valence-electron chi connectivity index (χ1n) is 14.9. The number of carbonyl (C=O) groups excluding carboxylic acids is 2. The minimum atomic E-state index is -0.347. The number of hydrogen-bond donors (Lipinski definition) is 0. The van der Waals surface area contributed by atoms with Crippen LogP contribution in [0.5, 0.6) is 11.6 Å². The summed E-state index contributed by atoms with van der Waals surface area (Å²) in [5.74, 6) is 1.84. The Morgan fingerprint density at radius 2 is 1.76 bits per heavy atom. The normalized spacial score (nSPS) is 16.0. The fourth-order valence-corrected chi connectivity index (χ4v) is 5.61. The smallest absolute Gasteiger partial charge is 0.340 e. The molecule has 2 aromatic carbocycles. The van der Waals surface area contributed by atoms with Crippen LogP contribution in [0.1, 0.15) is 66.4 Å². The van der Waals surface area contributed by atoms with Crippen molar-refractivity contribution < 1.29 is 28.5 Å². The summed E-state index contributed by atoms with van der Waals surface area (Å²) < 4.78 is 22.5. The second-order valence-electron chi connectivity index (χ2n) is 11.1. The van der Waals surface area contributed by atoms with Crippen LogP contribution in [0.4, 0.5) is 5.69 Å². The molecule has 3 aromatic rings. The first kappa shape index (κ1) is 29.4. The number of nitrogens with zero attached hydrogens (tertiary/aromatic N) is 2. The van der Waals surface area contributed by atoms with Crippen molar-refractivity contribution in [3.63, 3.8) is 0 Å². The molecule has 0 bridgehead atoms. The maximum absolute atomic E-state index is 13.1. The number of ether oxygens (including phenoxy) is 4. The van der Waals surface area contributed by atoms with Gasteiger partial charge in [-0.25, -0.2) is 9.78 Å². The summed E-state index contributed by atoms with van der Waals surface area (Å²) in [5.41, 5.74) is 3.41. The maximum Gasteiger partial charge on any atom is 0.340 e. The third-order valence-electron chi connectivity index (χ3n) is 8.13. The van der Waals surface area contributed by atoms with E-state index in [4.69, 9.17) is 18.9 Å². The third-order valence-corrected chi connectivity index (χ3v) is 8.13. The SMILES string of the molecule is CCOC(=O)CC(c1ccnc(OCC2CCN(c3cc(OC)ccc3C(=O)OCc3ccccc3)CC2)c1)C1CC1. The molecule has 0 radical (unpaired) electrons. The minimum absolute atomic E-state index is 0.147. The minimum Gasteiger partial charge on any atom is -0.497 e. The molecule has 1 unspecified atom stereocenters. The molecule has 0 amide bonds. The van der Waals surface area contributed by atoms with Crippen LogP contribution in [-0.2, 0) is 20.9 Å². The van der Waals surface area contributed by atoms with Crippen LogP contribution in [0, 0.1) is 11.8 Å². The molecule has 2 fully saturated rings. The predicted molar refractivity (Wildman–Crippen MR) is 160 cm³/mol. The van der Waals surface area contributed by atoms with Gasteiger partial charge in [-0.15, -0.1) is 0 Å². The summed E-state index contributed by atoms with van der Waals surface area (Å²) in [7, 11) is 1.63. The molecule has 1 aliphatic heterocycles. The van der Waals surface area contributed by atoms with E-state index in [2.05, 4.69) is 9.88 Å². The van der Waals surface area contributed by atoms with Crippen molar-refractivity contribution in [2.45, 2.75) is 51.6 Å². The molecule has 42 heavy (non-hydrogen) atoms. The molecule has 1 atom stereocenters. The van der Waals surface area contributed by atoms with Crippen molar-refractivity contribution >= 4 is 17.6 Å². The van der Waals surface area contributed by atoms with Gasteiger partial charge in [0.2, 0.25) is 5.88 Å². The maximum atomic E-state index is 13.1. The largest absolute Gasteiger partial charge is 0.497 e. The Hall–Kier alpha value is -4.07. The van der Waals surface area contributed by atoms with Crippen LogP contribution in [0.25, 0.3) is 0 Å². The number of rotatable bonds is 13. The van der Waals surface area contributed by atoms with E-state index in [0.717, 1.165) is 55.6 Å². The standard InChI is InChI=1S/C34H40N2O6/c1-3-40-33(37)21-30(26-9-10-26)27-13-16-35-32(19-27)41-22-25-14-17-36(18-15-25)31-20-28(39-2)11-12-29(31)34(38)42-23-24-7-5-4-6-8-24/h4-8,11-13,16,19-20,25-26,30H,3,9-10,14-15,17-18,21-23H2,1-2H3. The van der Waals surface area contributed by atoms with E-state index in [1.807, 2.05) is 55.5 Å². The zero-order chi connectivity index (χ0) is 29.3. The first-order chi connectivity index (χ1) is 20.5. The second kappa shape index (κ2) is 14.2. The van der Waals surface area contributed by atoms with Crippen molar-refractivity contribution in [1.29, 1.82) is 0 Å². The third kappa shape index (κ3) is 7.81. The number of methoxy groups -OCH3 is 1. The van der Waals surface area contributed by atoms with Crippen molar-refractivity contribution in [3.05, 3.63) is 83.6 Å². The molecule has 222 valence electrons. The predicted octanol–water partition coefficient (Wildman–Crippen LogP) is 6.19. The number of piperidine rings is 1. The Morgan fingerprint density at radius 1 is 0.976 bits per heavy atom. The van der Waals surface area contributed by atoms with E-state index in [9.17, 15) is 9.59 Å². The van der Waals surface area contributed by atoms with E-state index in [1.54, 1.807) is 25.4 Å². The van der Waals surface area contributed by atoms with Gasteiger partial charge in [0, 0.05) is 31.4 Å². The molecule has 1 saturated heterocycles. The fraction of sp³-hybridized carbons (Fsp3) is 0.441. The van der Waals surface area contributed by atoms with Crippen molar-refractivity contribution in [1.82, 2.24) is 4.98 Å². The molecule has 1 aromatic heterocycles. The highest BCUT2D eigenvalue weighted by Gasteiger charge is 2.34. The Morgan fingerprint density at radius 3 is 2.48 bits per heavy atom. The molecule has 8 nitrogen and oxygen atoms in total. The number of aromatic nitrogens is 1. The molecule has 0 N–H and O–H groups in total. The zero-order valence-corrected chi connectivity index (χ0v) is 24.5. The van der Waals surface area contributed by atoms with Gasteiger partial charge < -0.3 is 23.8 Å². The summed E-state index contributed by atoms with van der Waals surface area (Å²) in [6.07, 6.45) is 6.29. The highest BCUT2D eigenvalue weighted by molar-refractivity contribution is 5.96. The van der Waals surface area contributed by atoms with Gasteiger partial charge in [0.15, 0.2) is 0 Å². The number of hydrogen-bond acceptors (Lipinski definition) is 8. The number of anilines is 1. The number of carbonyl (C=O) groups is 2. The van der Waals surface area contributed by atoms with Gasteiger partial charge in [-0.1, -0.05) is 30.3 Å². The Labute approximate surface area is 247 Å². The van der Waals surface area contributed by atoms with Gasteiger partial charge >= 0.3 is 11.9 Å². The molecule has 2 heterocycles. The van der Waals surface area contributed by atoms with E-state index in [-0.39, 0.29) is 24.5 Å². The van der Waals surface area contributed by atoms with Crippen molar-refractivity contribution in [2.24, 2.45) is 11.8 Å². The van der Waals surface area contributed by atoms with E-state index in [1.165, 1.54) is 0 Å². The van der Waals surface area contributed by atoms with Crippen LogP contribution in [-0.4, -0.2) is 50.3 Å². The highest BCUT2D eigenvalue weighted by Crippen LogP contribution is 2.45. The molecule has 2 aliphatic rings. The summed E-state index contributed by atoms with van der Waals surface area (Å²) in [6.45, 7) is 4.61. The van der Waals surface area contributed by atoms with Crippen LogP contribution in [0.2, 0.25) is 0 Å². The van der Waals surface area contributed by atoms with E-state index in [0.29, 0.717) is 48.7 Å². The van der Waals surface area contributed by atoms with E-state index < -0.39 is 0 Å². The number of esters is 2. The second-order valence-corrected chi connectivity index (χ2v) is 11.1. The number of pyridine rings is 1. The lowest BCUT2D eigenvalue weighted by molar-refractivity contribution is -0.143. The quantitative estimate of drug-likeness (QED) is 0.224. The molecule has 1 aliphatic carbocycles. The van der Waals surface area contributed by atoms with Gasteiger partial charge in [-0.2, -0.15) is 0 Å². The van der Waals surface area contributed by atoms with E-state index >= 15 is 0 Å². The number of benzene rings is 2. The topological polar surface area (TPSA) is 87.2 Å². The van der Waals surface area contributed by atoms with Gasteiger partial charge in [-0.05, 0) is 79.7 Å². The molecule has 8 heteroatoms. The first-order valence-corrected chi connectivity index (χ1v) is 14.9. The van der Waals surface area contributed by atoms with Crippen molar-refractivity contribution in [3.8, 4) is 11.6 Å². The summed E-state index contributed by atoms with van der Waals surface area (Å²) >= 11 is 0. The molecular weight excluding hydrogens is 532 g/mol. The van der Waals surface area contributed by atoms with Gasteiger partial charge in [0.25, 0.3) is 0 Å². The van der Waals surface area contributed by atoms with Crippen LogP contribution < -0.4 is 14.4 Å². The summed E-state index contributed by atoms with van der Waals surface area (Å²) in [6, 6.07) is 19.2. The van der Waals surface area contributed by atoms with Crippen LogP contribution in [0.3, 0.4) is 0 Å². The molecule has 5 rings (SSSR count). The van der Waals surface area contributed by atoms with Crippen LogP contribution in [0.15, 0.2) is 66.9 Å². The zero-order valence-electron chi connectivity index (χ0n) is 24.5. The lowest BCUT2D eigenvalue weighted by atomic mass is 9.92. The average molecular weight is 573 g/mol. The van der Waals surface area contributed by atoms with Gasteiger partial charge in [0.05, 0.1) is 38.0 Å². The van der Waals surface area contributed by atoms with Crippen molar-refractivity contribution in [2.75, 3.05) is 38.3 Å². The summed E-state index contributed by atoms with van der Waals surface area (Å²) in [5, 5.41) is 0. The lowest BCUT2D eigenvalue weighted by Gasteiger charge is -2.34. The molecular formula is C34H40N2O6.